The second-order valence-electron chi connectivity index (χ2n) is 14.5. The van der Waals surface area contributed by atoms with E-state index in [1.807, 2.05) is 0 Å². The van der Waals surface area contributed by atoms with Crippen molar-refractivity contribution in [3.05, 3.63) is 254 Å². The van der Waals surface area contributed by atoms with Gasteiger partial charge in [-0.3, -0.25) is 0 Å². The molecule has 0 bridgehead atoms. The van der Waals surface area contributed by atoms with E-state index in [1.54, 1.807) is 0 Å². The lowest BCUT2D eigenvalue weighted by molar-refractivity contribution is 0.552. The zero-order chi connectivity index (χ0) is 39.0. The zero-order valence-corrected chi connectivity index (χ0v) is 35.0. The lowest BCUT2D eigenvalue weighted by atomic mass is 10.2. The highest BCUT2D eigenvalue weighted by Crippen LogP contribution is 2.59. The van der Waals surface area contributed by atoms with Crippen LogP contribution in [0.2, 0.25) is 0 Å². The molecule has 2 aromatic heterocycles. The Labute approximate surface area is 344 Å². The molecule has 0 N–H and O–H groups in total. The lowest BCUT2D eigenvalue weighted by Crippen LogP contribution is -2.32. The molecule has 0 saturated heterocycles. The van der Waals surface area contributed by atoms with Crippen molar-refractivity contribution in [3.8, 4) is 0 Å². The maximum absolute atomic E-state index is 7.11. The molecule has 0 aliphatic heterocycles. The van der Waals surface area contributed by atoms with Gasteiger partial charge in [-0.05, 0) is 103 Å². The molecule has 282 valence electrons. The van der Waals surface area contributed by atoms with Crippen molar-refractivity contribution < 1.29 is 8.83 Å². The summed E-state index contributed by atoms with van der Waals surface area (Å²) in [7, 11) is -5.29. The fourth-order valence-electron chi connectivity index (χ4n) is 8.23. The molecule has 0 aliphatic rings. The van der Waals surface area contributed by atoms with Crippen LogP contribution < -0.4 is 42.8 Å². The van der Waals surface area contributed by atoms with Gasteiger partial charge < -0.3 is 8.83 Å². The van der Waals surface area contributed by atoms with E-state index in [-0.39, 0.29) is 0 Å². The second-order valence-corrected chi connectivity index (χ2v) is 23.5. The summed E-state index contributed by atoms with van der Waals surface area (Å²) in [6, 6.07) is 85.9. The van der Waals surface area contributed by atoms with E-state index in [4.69, 9.17) is 8.83 Å². The van der Waals surface area contributed by atoms with Crippen LogP contribution in [0.4, 0.5) is 0 Å². The van der Waals surface area contributed by atoms with Crippen LogP contribution in [0.25, 0.3) is 0 Å². The number of furan rings is 2. The Morgan fingerprint density at radius 2 is 0.552 bits per heavy atom. The highest BCUT2D eigenvalue weighted by Gasteiger charge is 2.48. The van der Waals surface area contributed by atoms with Crippen molar-refractivity contribution >= 4 is 65.3 Å². The Bertz CT molecular complexity index is 2270. The molecular weight excluding hydrogens is 762 g/mol. The van der Waals surface area contributed by atoms with Crippen LogP contribution in [0.5, 0.6) is 0 Å². The van der Waals surface area contributed by atoms with E-state index in [0.717, 1.165) is 41.0 Å². The highest BCUT2D eigenvalue weighted by atomic mass is 31.2. The van der Waals surface area contributed by atoms with E-state index in [0.29, 0.717) is 0 Å². The number of hydrogen-bond donors (Lipinski definition) is 0. The minimum absolute atomic E-state index is 0.779. The van der Waals surface area contributed by atoms with Crippen LogP contribution in [-0.2, 0) is 18.5 Å². The van der Waals surface area contributed by atoms with Crippen molar-refractivity contribution in [3.63, 3.8) is 0 Å². The fraction of sp³-hybridized carbons (Fsp3) is 0.0566. The Morgan fingerprint density at radius 3 is 0.828 bits per heavy atom. The third-order valence-corrected chi connectivity index (χ3v) is 21.9. The molecule has 9 rings (SSSR count). The van der Waals surface area contributed by atoms with Crippen LogP contribution in [-0.4, -0.2) is 0 Å². The van der Waals surface area contributed by atoms with Crippen molar-refractivity contribution in [2.75, 3.05) is 0 Å². The summed E-state index contributed by atoms with van der Waals surface area (Å²) in [5.74, 6) is 1.99. The summed E-state index contributed by atoms with van der Waals surface area (Å²) in [6.45, 7) is 0. The third kappa shape index (κ3) is 7.69. The Hall–Kier alpha value is -5.61. The standard InChI is InChI=1S/C53H45O2P3/c1-8-22-43(23-9-1)40-56(52-38-36-44(54-52)41-57(46-24-10-2-11-25-46,47-26-12-3-13-27-47)48-28-14-4-15-29-48)53-39-37-45(55-53)42-58(49-30-16-5-17-31-49,50-32-18-6-19-33-50)51-34-20-7-21-35-51/h1-39H,40-42H2/q+2. The molecule has 58 heavy (non-hydrogen) atoms. The largest absolute Gasteiger partial charge is 0.457 e. The maximum atomic E-state index is 7.11. The van der Waals surface area contributed by atoms with Gasteiger partial charge >= 0.3 is 0 Å². The molecule has 0 radical (unpaired) electrons. The molecule has 0 saturated carbocycles. The predicted molar refractivity (Wildman–Crippen MR) is 251 cm³/mol. The zero-order valence-electron chi connectivity index (χ0n) is 32.3. The van der Waals surface area contributed by atoms with Crippen LogP contribution in [0.1, 0.15) is 17.1 Å². The van der Waals surface area contributed by atoms with Gasteiger partial charge in [0.2, 0.25) is 0 Å². The molecule has 9 aromatic rings. The molecule has 0 atom stereocenters. The smallest absolute Gasteiger partial charge is 0.143 e. The molecule has 0 aliphatic carbocycles. The van der Waals surface area contributed by atoms with E-state index in [2.05, 4.69) is 237 Å². The van der Waals surface area contributed by atoms with E-state index < -0.39 is 22.4 Å². The summed E-state index contributed by atoms with van der Waals surface area (Å²) in [5.41, 5.74) is 3.23. The summed E-state index contributed by atoms with van der Waals surface area (Å²) < 4.78 is 14.2. The van der Waals surface area contributed by atoms with Gasteiger partial charge in [0.25, 0.3) is 0 Å². The predicted octanol–water partition coefficient (Wildman–Crippen LogP) is 10.5. The molecule has 0 unspecified atom stereocenters. The number of hydrogen-bond acceptors (Lipinski definition) is 2. The van der Waals surface area contributed by atoms with Gasteiger partial charge in [-0.2, -0.15) is 0 Å². The SMILES string of the molecule is c1ccc(CP(c2ccc(C[P+](c3ccccc3)(c3ccccc3)c3ccccc3)o2)c2ccc(C[P+](c3ccccc3)(c3ccccc3)c3ccccc3)o2)cc1. The first-order valence-corrected chi connectivity index (χ1v) is 25.3. The average Bonchev–Trinajstić information content (AvgIpc) is 3.98. The van der Waals surface area contributed by atoms with Gasteiger partial charge in [0, 0.05) is 14.1 Å². The van der Waals surface area contributed by atoms with E-state index in [9.17, 15) is 0 Å². The topological polar surface area (TPSA) is 26.3 Å². The van der Waals surface area contributed by atoms with Gasteiger partial charge in [-0.25, -0.2) is 0 Å². The normalized spacial score (nSPS) is 11.8. The Kier molecular flexibility index (Phi) is 11.4. The first-order valence-electron chi connectivity index (χ1n) is 19.8. The highest BCUT2D eigenvalue weighted by molar-refractivity contribution is 7.95. The van der Waals surface area contributed by atoms with Gasteiger partial charge in [0.1, 0.15) is 81.2 Å². The van der Waals surface area contributed by atoms with Gasteiger partial charge in [-0.1, -0.05) is 140 Å². The minimum atomic E-state index is -2.14. The number of rotatable bonds is 14. The van der Waals surface area contributed by atoms with Gasteiger partial charge in [0.15, 0.2) is 0 Å². The van der Waals surface area contributed by atoms with Crippen LogP contribution >= 0.6 is 22.4 Å². The monoisotopic (exact) mass is 806 g/mol. The number of benzene rings is 7. The van der Waals surface area contributed by atoms with Crippen LogP contribution in [0.3, 0.4) is 0 Å². The van der Waals surface area contributed by atoms with Gasteiger partial charge in [-0.15, -0.1) is 0 Å². The molecule has 7 aromatic carbocycles. The summed E-state index contributed by atoms with van der Waals surface area (Å²) in [6.07, 6.45) is 2.38. The minimum Gasteiger partial charge on any atom is -0.457 e. The van der Waals surface area contributed by atoms with Gasteiger partial charge in [0.05, 0.1) is 0 Å². The van der Waals surface area contributed by atoms with Crippen LogP contribution in [0, 0.1) is 0 Å². The van der Waals surface area contributed by atoms with Crippen molar-refractivity contribution in [1.29, 1.82) is 0 Å². The molecule has 2 heterocycles. The molecule has 0 amide bonds. The quantitative estimate of drug-likeness (QED) is 0.102. The second kappa shape index (κ2) is 17.5. The Morgan fingerprint density at radius 1 is 0.293 bits per heavy atom. The van der Waals surface area contributed by atoms with E-state index >= 15 is 0 Å². The summed E-state index contributed by atoms with van der Waals surface area (Å²) >= 11 is 0. The molecule has 2 nitrogen and oxygen atoms in total. The average molecular weight is 807 g/mol. The van der Waals surface area contributed by atoms with Crippen molar-refractivity contribution in [2.45, 2.75) is 18.5 Å². The molecule has 0 spiro atoms. The molecular formula is C53H45O2P3+2. The molecule has 0 fully saturated rings. The fourth-order valence-corrected chi connectivity index (χ4v) is 18.5. The molecule has 5 heteroatoms. The first kappa shape index (κ1) is 37.9. The summed E-state index contributed by atoms with van der Waals surface area (Å²) in [4.78, 5) is 0. The Balaban J connectivity index is 1.13. The van der Waals surface area contributed by atoms with Crippen LogP contribution in [0.15, 0.2) is 245 Å². The summed E-state index contributed by atoms with van der Waals surface area (Å²) in [5, 5.41) is 8.05. The lowest BCUT2D eigenvalue weighted by Gasteiger charge is -2.27. The van der Waals surface area contributed by atoms with E-state index in [1.165, 1.54) is 37.4 Å². The third-order valence-electron chi connectivity index (χ3n) is 11.0. The van der Waals surface area contributed by atoms with Crippen molar-refractivity contribution in [2.24, 2.45) is 0 Å². The first-order chi connectivity index (χ1) is 28.7. The maximum Gasteiger partial charge on any atom is 0.143 e. The van der Waals surface area contributed by atoms with Crippen molar-refractivity contribution in [1.82, 2.24) is 0 Å².